The highest BCUT2D eigenvalue weighted by atomic mass is 14.7. The Labute approximate surface area is 327 Å². The predicted molar refractivity (Wildman–Crippen MR) is 235 cm³/mol. The standard InChI is InChI=1S/C54H36N2/c1-5-15-37(16-6-1)41-23-13-25-45(32-41)51-34-47(35-52(56-51)46-26-14-24-42(33-46)38-17-7-2-8-18-38)43-27-29-48-44(31-43)28-30-50-54(48)49(39-19-9-3-10-20-39)36-53(55-50)40-21-11-4-12-22-40/h1-36H. The minimum Gasteiger partial charge on any atom is -0.248 e. The predicted octanol–water partition coefficient (Wildman–Crippen LogP) is 14.5. The molecular weight excluding hydrogens is 677 g/mol. The SMILES string of the molecule is c1ccc(-c2cccc(-c3cc(-c4ccc5c(ccc6nc(-c7ccccc7)cc(-c7ccccc7)c65)c4)cc(-c4cccc(-c5ccccc5)c4)n3)c2)cc1. The van der Waals surface area contributed by atoms with Crippen LogP contribution in [0.3, 0.4) is 0 Å². The first-order valence-corrected chi connectivity index (χ1v) is 19.1. The van der Waals surface area contributed by atoms with Gasteiger partial charge in [0.2, 0.25) is 0 Å². The van der Waals surface area contributed by atoms with Gasteiger partial charge in [0.1, 0.15) is 0 Å². The molecule has 0 aliphatic carbocycles. The summed E-state index contributed by atoms with van der Waals surface area (Å²) in [5.74, 6) is 0. The molecule has 56 heavy (non-hydrogen) atoms. The number of nitrogens with zero attached hydrogens (tertiary/aromatic N) is 2. The summed E-state index contributed by atoms with van der Waals surface area (Å²) in [6.07, 6.45) is 0. The highest BCUT2D eigenvalue weighted by molar-refractivity contribution is 6.14. The van der Waals surface area contributed by atoms with E-state index >= 15 is 0 Å². The molecule has 2 heteroatoms. The Balaban J connectivity index is 1.14. The van der Waals surface area contributed by atoms with Gasteiger partial charge < -0.3 is 0 Å². The molecule has 10 rings (SSSR count). The van der Waals surface area contributed by atoms with Crippen molar-refractivity contribution in [2.75, 3.05) is 0 Å². The monoisotopic (exact) mass is 712 g/mol. The summed E-state index contributed by atoms with van der Waals surface area (Å²) < 4.78 is 0. The quantitative estimate of drug-likeness (QED) is 0.154. The van der Waals surface area contributed by atoms with Gasteiger partial charge in [-0.3, -0.25) is 0 Å². The van der Waals surface area contributed by atoms with Crippen LogP contribution in [0.2, 0.25) is 0 Å². The second-order valence-electron chi connectivity index (χ2n) is 14.2. The first kappa shape index (κ1) is 33.2. The van der Waals surface area contributed by atoms with Crippen molar-refractivity contribution in [2.45, 2.75) is 0 Å². The van der Waals surface area contributed by atoms with Crippen molar-refractivity contribution in [2.24, 2.45) is 0 Å². The molecule has 0 amide bonds. The Morgan fingerprint density at radius 1 is 0.250 bits per heavy atom. The summed E-state index contributed by atoms with van der Waals surface area (Å²) in [5.41, 5.74) is 16.4. The van der Waals surface area contributed by atoms with E-state index in [0.717, 1.165) is 55.8 Å². The van der Waals surface area contributed by atoms with Gasteiger partial charge in [0.25, 0.3) is 0 Å². The lowest BCUT2D eigenvalue weighted by atomic mass is 9.92. The Morgan fingerprint density at radius 2 is 0.714 bits per heavy atom. The van der Waals surface area contributed by atoms with Crippen molar-refractivity contribution >= 4 is 21.7 Å². The van der Waals surface area contributed by atoms with Gasteiger partial charge in [0, 0.05) is 22.1 Å². The number of hydrogen-bond acceptors (Lipinski definition) is 2. The van der Waals surface area contributed by atoms with Gasteiger partial charge in [0.05, 0.1) is 22.6 Å². The molecule has 0 aliphatic rings. The van der Waals surface area contributed by atoms with Gasteiger partial charge in [-0.25, -0.2) is 9.97 Å². The zero-order valence-electron chi connectivity index (χ0n) is 30.7. The number of fused-ring (bicyclic) bond motifs is 3. The molecule has 0 spiro atoms. The first-order valence-electron chi connectivity index (χ1n) is 19.1. The summed E-state index contributed by atoms with van der Waals surface area (Å²) in [7, 11) is 0. The normalized spacial score (nSPS) is 11.2. The fourth-order valence-electron chi connectivity index (χ4n) is 7.82. The van der Waals surface area contributed by atoms with Gasteiger partial charge in [-0.15, -0.1) is 0 Å². The molecule has 0 bridgehead atoms. The van der Waals surface area contributed by atoms with Crippen molar-refractivity contribution < 1.29 is 0 Å². The van der Waals surface area contributed by atoms with Crippen LogP contribution in [0, 0.1) is 0 Å². The Bertz CT molecular complexity index is 2890. The average Bonchev–Trinajstić information content (AvgIpc) is 3.29. The molecule has 2 aromatic heterocycles. The van der Waals surface area contributed by atoms with Gasteiger partial charge in [-0.05, 0) is 97.7 Å². The summed E-state index contributed by atoms with van der Waals surface area (Å²) in [4.78, 5) is 10.5. The van der Waals surface area contributed by atoms with Crippen LogP contribution in [0.15, 0.2) is 218 Å². The maximum absolute atomic E-state index is 5.34. The minimum atomic E-state index is 0.933. The number of benzene rings is 8. The van der Waals surface area contributed by atoms with Crippen LogP contribution in [0.1, 0.15) is 0 Å². The zero-order valence-corrected chi connectivity index (χ0v) is 30.7. The van der Waals surface area contributed by atoms with E-state index in [0.29, 0.717) is 0 Å². The van der Waals surface area contributed by atoms with Crippen LogP contribution in [-0.2, 0) is 0 Å². The molecule has 2 heterocycles. The van der Waals surface area contributed by atoms with Crippen LogP contribution in [-0.4, -0.2) is 9.97 Å². The topological polar surface area (TPSA) is 25.8 Å². The van der Waals surface area contributed by atoms with Gasteiger partial charge in [-0.1, -0.05) is 176 Å². The molecule has 8 aromatic carbocycles. The summed E-state index contributed by atoms with van der Waals surface area (Å²) >= 11 is 0. The molecule has 2 nitrogen and oxygen atoms in total. The van der Waals surface area contributed by atoms with Crippen LogP contribution in [0.5, 0.6) is 0 Å². The van der Waals surface area contributed by atoms with Crippen molar-refractivity contribution in [3.8, 4) is 78.3 Å². The van der Waals surface area contributed by atoms with Gasteiger partial charge in [0.15, 0.2) is 0 Å². The van der Waals surface area contributed by atoms with Gasteiger partial charge in [-0.2, -0.15) is 0 Å². The van der Waals surface area contributed by atoms with E-state index in [2.05, 4.69) is 212 Å². The highest BCUT2D eigenvalue weighted by Gasteiger charge is 2.15. The molecule has 10 aromatic rings. The zero-order chi connectivity index (χ0) is 37.3. The molecule has 262 valence electrons. The fraction of sp³-hybridized carbons (Fsp3) is 0. The summed E-state index contributed by atoms with van der Waals surface area (Å²) in [6, 6.07) is 77.6. The molecule has 0 saturated heterocycles. The summed E-state index contributed by atoms with van der Waals surface area (Å²) in [6.45, 7) is 0. The number of hydrogen-bond donors (Lipinski definition) is 0. The van der Waals surface area contributed by atoms with E-state index in [-0.39, 0.29) is 0 Å². The third-order valence-corrected chi connectivity index (χ3v) is 10.6. The second kappa shape index (κ2) is 14.4. The van der Waals surface area contributed by atoms with E-state index in [1.165, 1.54) is 44.2 Å². The largest absolute Gasteiger partial charge is 0.248 e. The lowest BCUT2D eigenvalue weighted by Gasteiger charge is -2.15. The molecule has 0 unspecified atom stereocenters. The van der Waals surface area contributed by atoms with Crippen LogP contribution in [0.4, 0.5) is 0 Å². The third kappa shape index (κ3) is 6.44. The number of aromatic nitrogens is 2. The lowest BCUT2D eigenvalue weighted by molar-refractivity contribution is 1.32. The van der Waals surface area contributed by atoms with Crippen molar-refractivity contribution in [1.29, 1.82) is 0 Å². The van der Waals surface area contributed by atoms with Crippen LogP contribution < -0.4 is 0 Å². The minimum absolute atomic E-state index is 0.933. The molecule has 0 N–H and O–H groups in total. The Morgan fingerprint density at radius 3 is 1.29 bits per heavy atom. The van der Waals surface area contributed by atoms with Crippen molar-refractivity contribution in [1.82, 2.24) is 9.97 Å². The lowest BCUT2D eigenvalue weighted by Crippen LogP contribution is -1.93. The van der Waals surface area contributed by atoms with E-state index in [4.69, 9.17) is 9.97 Å². The molecular formula is C54H36N2. The number of rotatable bonds is 7. The first-order chi connectivity index (χ1) is 27.7. The second-order valence-corrected chi connectivity index (χ2v) is 14.2. The maximum Gasteiger partial charge on any atom is 0.0722 e. The van der Waals surface area contributed by atoms with E-state index in [1.807, 2.05) is 6.07 Å². The molecule has 0 aliphatic heterocycles. The highest BCUT2D eigenvalue weighted by Crippen LogP contribution is 2.39. The van der Waals surface area contributed by atoms with Gasteiger partial charge >= 0.3 is 0 Å². The van der Waals surface area contributed by atoms with Crippen molar-refractivity contribution in [3.63, 3.8) is 0 Å². The Hall–Kier alpha value is -7.42. The molecule has 0 fully saturated rings. The smallest absolute Gasteiger partial charge is 0.0722 e. The molecule has 0 saturated carbocycles. The van der Waals surface area contributed by atoms with E-state index < -0.39 is 0 Å². The van der Waals surface area contributed by atoms with Crippen LogP contribution >= 0.6 is 0 Å². The fourth-order valence-corrected chi connectivity index (χ4v) is 7.82. The van der Waals surface area contributed by atoms with E-state index in [9.17, 15) is 0 Å². The number of pyridine rings is 2. The van der Waals surface area contributed by atoms with E-state index in [1.54, 1.807) is 0 Å². The third-order valence-electron chi connectivity index (χ3n) is 10.6. The maximum atomic E-state index is 5.34. The molecule has 0 radical (unpaired) electrons. The molecule has 0 atom stereocenters. The summed E-state index contributed by atoms with van der Waals surface area (Å²) in [5, 5.41) is 3.50. The average molecular weight is 713 g/mol. The Kier molecular flexibility index (Phi) is 8.55. The van der Waals surface area contributed by atoms with Crippen LogP contribution in [0.25, 0.3) is 100.0 Å². The van der Waals surface area contributed by atoms with Crippen molar-refractivity contribution in [3.05, 3.63) is 218 Å².